The summed E-state index contributed by atoms with van der Waals surface area (Å²) in [4.78, 5) is 47.6. The molecule has 1 fully saturated rings. The van der Waals surface area contributed by atoms with E-state index >= 15 is 0 Å². The molecule has 4 heterocycles. The topological polar surface area (TPSA) is 168 Å². The molecule has 6 aromatic rings. The molecule has 0 aliphatic carbocycles. The number of anilines is 1. The van der Waals surface area contributed by atoms with Crippen LogP contribution in [0.5, 0.6) is 5.75 Å². The number of phenols is 1. The number of phenolic OH excluding ortho intramolecular Hbond substituents is 1. The van der Waals surface area contributed by atoms with Crippen LogP contribution in [0.2, 0.25) is 5.02 Å². The third-order valence-corrected chi connectivity index (χ3v) is 9.88. The molecule has 3 aromatic carbocycles. The van der Waals surface area contributed by atoms with E-state index in [1.165, 1.54) is 6.33 Å². The number of nitrogen functional groups attached to an aromatic ring is 1. The number of H-pyrrole nitrogens is 1. The molecular weight excluding hydrogens is 706 g/mol. The number of amides is 1. The lowest BCUT2D eigenvalue weighted by atomic mass is 9.97. The Labute approximate surface area is 316 Å². The van der Waals surface area contributed by atoms with Gasteiger partial charge < -0.3 is 25.5 Å². The second-order valence-corrected chi connectivity index (χ2v) is 13.6. The van der Waals surface area contributed by atoms with Gasteiger partial charge in [-0.1, -0.05) is 41.6 Å². The molecule has 1 amide bonds. The largest absolute Gasteiger partial charge is 0.508 e. The Balaban J connectivity index is 1.14. The van der Waals surface area contributed by atoms with E-state index in [2.05, 4.69) is 31.7 Å². The summed E-state index contributed by atoms with van der Waals surface area (Å²) >= 11 is 6.47. The molecule has 0 spiro atoms. The van der Waals surface area contributed by atoms with E-state index in [1.54, 1.807) is 54.3 Å². The van der Waals surface area contributed by atoms with Crippen molar-refractivity contribution in [3.63, 3.8) is 0 Å². The van der Waals surface area contributed by atoms with E-state index < -0.39 is 5.92 Å². The van der Waals surface area contributed by atoms with Gasteiger partial charge in [-0.3, -0.25) is 14.5 Å². The molecule has 4 N–H and O–H groups in total. The molecule has 14 heteroatoms. The molecule has 0 bridgehead atoms. The SMILES string of the molecule is COCCN1CCN(C(=O)CCCC#Cc2cccc3nc(C(Cn4nc(-c5ccc(O)cc5)c5c(N)ncnc54)c4cccc(Cl)c4)[nH]c(=O)c23)CC1. The van der Waals surface area contributed by atoms with Crippen molar-refractivity contribution in [2.24, 2.45) is 0 Å². The smallest absolute Gasteiger partial charge is 0.260 e. The summed E-state index contributed by atoms with van der Waals surface area (Å²) < 4.78 is 6.89. The first-order valence-electron chi connectivity index (χ1n) is 17.8. The Bertz CT molecular complexity index is 2410. The second-order valence-electron chi connectivity index (χ2n) is 13.2. The summed E-state index contributed by atoms with van der Waals surface area (Å²) in [7, 11) is 1.70. The summed E-state index contributed by atoms with van der Waals surface area (Å²) in [6.45, 7) is 4.95. The van der Waals surface area contributed by atoms with Gasteiger partial charge in [0, 0.05) is 68.8 Å². The number of nitrogens with zero attached hydrogens (tertiary/aromatic N) is 7. The lowest BCUT2D eigenvalue weighted by molar-refractivity contribution is -0.133. The quantitative estimate of drug-likeness (QED) is 0.124. The van der Waals surface area contributed by atoms with Crippen LogP contribution in [-0.4, -0.2) is 97.0 Å². The number of methoxy groups -OCH3 is 1. The summed E-state index contributed by atoms with van der Waals surface area (Å²) in [6, 6.07) is 19.5. The highest BCUT2D eigenvalue weighted by Gasteiger charge is 2.25. The maximum Gasteiger partial charge on any atom is 0.260 e. The number of aromatic nitrogens is 6. The van der Waals surface area contributed by atoms with Gasteiger partial charge in [-0.15, -0.1) is 0 Å². The van der Waals surface area contributed by atoms with Gasteiger partial charge in [0.25, 0.3) is 5.56 Å². The van der Waals surface area contributed by atoms with Crippen LogP contribution in [0.1, 0.15) is 42.1 Å². The van der Waals surface area contributed by atoms with Crippen LogP contribution in [0, 0.1) is 11.8 Å². The van der Waals surface area contributed by atoms with Crippen molar-refractivity contribution in [2.45, 2.75) is 31.7 Å². The van der Waals surface area contributed by atoms with E-state index in [9.17, 15) is 14.7 Å². The average molecular weight is 746 g/mol. The first-order valence-corrected chi connectivity index (χ1v) is 18.2. The Hall–Kier alpha value is -5.81. The van der Waals surface area contributed by atoms with Crippen molar-refractivity contribution in [2.75, 3.05) is 52.2 Å². The van der Waals surface area contributed by atoms with Crippen LogP contribution in [0.25, 0.3) is 33.2 Å². The number of aromatic hydroxyl groups is 1. The molecule has 3 aromatic heterocycles. The lowest BCUT2D eigenvalue weighted by Gasteiger charge is -2.34. The molecule has 1 atom stereocenters. The zero-order valence-corrected chi connectivity index (χ0v) is 30.6. The maximum absolute atomic E-state index is 13.9. The summed E-state index contributed by atoms with van der Waals surface area (Å²) in [5.74, 6) is 6.76. The molecule has 1 saturated heterocycles. The van der Waals surface area contributed by atoms with E-state index in [1.807, 2.05) is 29.2 Å². The average Bonchev–Trinajstić information content (AvgIpc) is 3.55. The number of fused-ring (bicyclic) bond motifs is 2. The number of ether oxygens (including phenoxy) is 1. The number of carbonyl (C=O) groups is 1. The number of carbonyl (C=O) groups excluding carboxylic acids is 1. The van der Waals surface area contributed by atoms with Gasteiger partial charge in [-0.05, 0) is 60.5 Å². The van der Waals surface area contributed by atoms with Crippen LogP contribution in [0.4, 0.5) is 5.82 Å². The van der Waals surface area contributed by atoms with Gasteiger partial charge in [0.05, 0.1) is 35.4 Å². The minimum absolute atomic E-state index is 0.124. The standard InChI is InChI=1S/C40H40ClN9O4/c1-54-22-21-48-17-19-49(20-18-48)33(52)12-4-2-3-7-26-8-6-11-32-34(26)40(53)46-38(45-32)31(28-9-5-10-29(41)23-28)24-50-39-35(37(42)43-25-44-39)36(47-50)27-13-15-30(51)16-14-27/h5-6,8-11,13-16,23,25,31,51H,2,4,12,17-22,24H2,1H3,(H2,42,43,44)(H,45,46,53). The second kappa shape index (κ2) is 16.5. The van der Waals surface area contributed by atoms with Crippen LogP contribution in [-0.2, 0) is 16.1 Å². The molecular formula is C40H40ClN9O4. The number of benzene rings is 3. The number of nitrogens with two attached hydrogens (primary N) is 1. The molecule has 0 radical (unpaired) electrons. The maximum atomic E-state index is 13.9. The fourth-order valence-electron chi connectivity index (χ4n) is 6.79. The third kappa shape index (κ3) is 8.06. The number of aromatic amines is 1. The highest BCUT2D eigenvalue weighted by Crippen LogP contribution is 2.34. The number of halogens is 1. The molecule has 7 rings (SSSR count). The minimum Gasteiger partial charge on any atom is -0.508 e. The molecule has 1 aliphatic heterocycles. The van der Waals surface area contributed by atoms with Gasteiger partial charge >= 0.3 is 0 Å². The Kier molecular flexibility index (Phi) is 11.1. The van der Waals surface area contributed by atoms with E-state index in [4.69, 9.17) is 32.2 Å². The molecule has 0 saturated carbocycles. The molecule has 276 valence electrons. The van der Waals surface area contributed by atoms with Crippen LogP contribution in [0.15, 0.2) is 77.9 Å². The van der Waals surface area contributed by atoms with Gasteiger partial charge in [0.1, 0.15) is 29.4 Å². The van der Waals surface area contributed by atoms with Gasteiger partial charge in [0.2, 0.25) is 5.91 Å². The molecule has 1 unspecified atom stereocenters. The highest BCUT2D eigenvalue weighted by molar-refractivity contribution is 6.30. The predicted molar refractivity (Wildman–Crippen MR) is 208 cm³/mol. The Morgan fingerprint density at radius 2 is 1.85 bits per heavy atom. The molecule has 1 aliphatic rings. The lowest BCUT2D eigenvalue weighted by Crippen LogP contribution is -2.49. The number of hydrogen-bond donors (Lipinski definition) is 3. The Morgan fingerprint density at radius 3 is 2.63 bits per heavy atom. The first-order chi connectivity index (χ1) is 26.3. The van der Waals surface area contributed by atoms with E-state index in [-0.39, 0.29) is 29.6 Å². The van der Waals surface area contributed by atoms with Crippen molar-refractivity contribution in [3.05, 3.63) is 105 Å². The van der Waals surface area contributed by atoms with Gasteiger partial charge in [0.15, 0.2) is 5.65 Å². The van der Waals surface area contributed by atoms with Gasteiger partial charge in [-0.2, -0.15) is 5.10 Å². The van der Waals surface area contributed by atoms with Crippen molar-refractivity contribution in [3.8, 4) is 28.8 Å². The molecule has 13 nitrogen and oxygen atoms in total. The normalized spacial score (nSPS) is 13.9. The van der Waals surface area contributed by atoms with Crippen LogP contribution in [0.3, 0.4) is 0 Å². The van der Waals surface area contributed by atoms with E-state index in [0.717, 1.165) is 43.9 Å². The number of rotatable bonds is 11. The molecule has 54 heavy (non-hydrogen) atoms. The zero-order valence-electron chi connectivity index (χ0n) is 29.8. The number of unbranched alkanes of at least 4 members (excludes halogenated alkanes) is 1. The Morgan fingerprint density at radius 1 is 1.06 bits per heavy atom. The van der Waals surface area contributed by atoms with Crippen molar-refractivity contribution < 1.29 is 14.6 Å². The fourth-order valence-corrected chi connectivity index (χ4v) is 6.99. The van der Waals surface area contributed by atoms with Crippen molar-refractivity contribution >= 4 is 45.3 Å². The number of piperazine rings is 1. The summed E-state index contributed by atoms with van der Waals surface area (Å²) in [5, 5.41) is 16.3. The number of nitrogens with one attached hydrogen (secondary N) is 1. The zero-order chi connectivity index (χ0) is 37.6. The fraction of sp³-hybridized carbons (Fsp3) is 0.300. The predicted octanol–water partition coefficient (Wildman–Crippen LogP) is 4.82. The number of hydrogen-bond acceptors (Lipinski definition) is 10. The minimum atomic E-state index is -0.506. The summed E-state index contributed by atoms with van der Waals surface area (Å²) in [6.07, 6.45) is 2.97. The van der Waals surface area contributed by atoms with Crippen molar-refractivity contribution in [1.82, 2.24) is 39.5 Å². The van der Waals surface area contributed by atoms with Gasteiger partial charge in [-0.25, -0.2) is 19.6 Å². The van der Waals surface area contributed by atoms with Crippen molar-refractivity contribution in [1.29, 1.82) is 0 Å². The van der Waals surface area contributed by atoms with Crippen LogP contribution < -0.4 is 11.3 Å². The summed E-state index contributed by atoms with van der Waals surface area (Å²) in [5.41, 5.74) is 9.67. The third-order valence-electron chi connectivity index (χ3n) is 9.64. The van der Waals surface area contributed by atoms with E-state index in [0.29, 0.717) is 69.9 Å². The first kappa shape index (κ1) is 36.5. The van der Waals surface area contributed by atoms with Crippen LogP contribution >= 0.6 is 11.6 Å². The highest BCUT2D eigenvalue weighted by atomic mass is 35.5. The monoisotopic (exact) mass is 745 g/mol.